The van der Waals surface area contributed by atoms with Gasteiger partial charge in [0.15, 0.2) is 0 Å². The van der Waals surface area contributed by atoms with Crippen molar-refractivity contribution in [2.45, 2.75) is 33.4 Å². The molecule has 0 saturated carbocycles. The van der Waals surface area contributed by atoms with Gasteiger partial charge in [0.05, 0.1) is 5.69 Å². The van der Waals surface area contributed by atoms with Crippen LogP contribution in [0.15, 0.2) is 6.07 Å². The SMILES string of the molecule is CCn1nc(C)cc1C(=O)N1CCN[C@@H](C)C1. The van der Waals surface area contributed by atoms with E-state index >= 15 is 0 Å². The van der Waals surface area contributed by atoms with E-state index in [9.17, 15) is 4.79 Å². The molecular formula is C12H20N4O. The Morgan fingerprint density at radius 1 is 1.65 bits per heavy atom. The molecule has 1 aliphatic rings. The summed E-state index contributed by atoms with van der Waals surface area (Å²) in [5.41, 5.74) is 1.61. The molecule has 17 heavy (non-hydrogen) atoms. The Labute approximate surface area is 102 Å². The lowest BCUT2D eigenvalue weighted by atomic mass is 10.2. The topological polar surface area (TPSA) is 50.2 Å². The largest absolute Gasteiger partial charge is 0.334 e. The van der Waals surface area contributed by atoms with E-state index in [-0.39, 0.29) is 5.91 Å². The van der Waals surface area contributed by atoms with Crippen LogP contribution in [0.1, 0.15) is 30.0 Å². The smallest absolute Gasteiger partial charge is 0.272 e. The summed E-state index contributed by atoms with van der Waals surface area (Å²) in [6.45, 7) is 9.17. The van der Waals surface area contributed by atoms with Crippen molar-refractivity contribution in [3.05, 3.63) is 17.5 Å². The number of aromatic nitrogens is 2. The summed E-state index contributed by atoms with van der Waals surface area (Å²) in [5.74, 6) is 0.0980. The molecule has 1 atom stereocenters. The Bertz CT molecular complexity index is 413. The van der Waals surface area contributed by atoms with Gasteiger partial charge >= 0.3 is 0 Å². The molecule has 5 heteroatoms. The van der Waals surface area contributed by atoms with E-state index in [1.165, 1.54) is 0 Å². The molecule has 2 rings (SSSR count). The first-order valence-corrected chi connectivity index (χ1v) is 6.19. The molecule has 0 radical (unpaired) electrons. The third kappa shape index (κ3) is 2.49. The Hall–Kier alpha value is -1.36. The maximum absolute atomic E-state index is 12.4. The second kappa shape index (κ2) is 4.87. The number of hydrogen-bond acceptors (Lipinski definition) is 3. The highest BCUT2D eigenvalue weighted by Gasteiger charge is 2.24. The van der Waals surface area contributed by atoms with E-state index in [0.717, 1.165) is 31.9 Å². The number of aryl methyl sites for hydroxylation is 2. The zero-order valence-electron chi connectivity index (χ0n) is 10.7. The van der Waals surface area contributed by atoms with Gasteiger partial charge in [-0.25, -0.2) is 0 Å². The van der Waals surface area contributed by atoms with Crippen molar-refractivity contribution in [3.63, 3.8) is 0 Å². The summed E-state index contributed by atoms with van der Waals surface area (Å²) in [4.78, 5) is 14.3. The Balaban J connectivity index is 2.18. The van der Waals surface area contributed by atoms with Crippen LogP contribution in [0.5, 0.6) is 0 Å². The van der Waals surface area contributed by atoms with E-state index in [4.69, 9.17) is 0 Å². The van der Waals surface area contributed by atoms with Crippen molar-refractivity contribution in [3.8, 4) is 0 Å². The van der Waals surface area contributed by atoms with Gasteiger partial charge < -0.3 is 10.2 Å². The van der Waals surface area contributed by atoms with Gasteiger partial charge in [-0.3, -0.25) is 9.48 Å². The van der Waals surface area contributed by atoms with Gasteiger partial charge in [0.2, 0.25) is 0 Å². The molecule has 1 amide bonds. The van der Waals surface area contributed by atoms with Crippen molar-refractivity contribution in [1.82, 2.24) is 20.0 Å². The zero-order chi connectivity index (χ0) is 12.4. The zero-order valence-corrected chi connectivity index (χ0v) is 10.7. The minimum atomic E-state index is 0.0980. The van der Waals surface area contributed by atoms with Crippen LogP contribution in [-0.2, 0) is 6.54 Å². The number of carbonyl (C=O) groups excluding carboxylic acids is 1. The first-order valence-electron chi connectivity index (χ1n) is 6.19. The van der Waals surface area contributed by atoms with Crippen LogP contribution >= 0.6 is 0 Å². The minimum absolute atomic E-state index is 0.0980. The summed E-state index contributed by atoms with van der Waals surface area (Å²) < 4.78 is 1.78. The first-order chi connectivity index (χ1) is 8.11. The third-order valence-corrected chi connectivity index (χ3v) is 3.08. The van der Waals surface area contributed by atoms with Crippen molar-refractivity contribution in [1.29, 1.82) is 0 Å². The number of carbonyl (C=O) groups is 1. The van der Waals surface area contributed by atoms with E-state index in [0.29, 0.717) is 11.7 Å². The molecule has 1 fully saturated rings. The number of hydrogen-bond donors (Lipinski definition) is 1. The molecule has 1 aromatic rings. The molecule has 0 spiro atoms. The van der Waals surface area contributed by atoms with E-state index in [2.05, 4.69) is 17.3 Å². The predicted octanol–water partition coefficient (Wildman–Crippen LogP) is 0.645. The van der Waals surface area contributed by atoms with Gasteiger partial charge in [-0.15, -0.1) is 0 Å². The minimum Gasteiger partial charge on any atom is -0.334 e. The fourth-order valence-corrected chi connectivity index (χ4v) is 2.24. The highest BCUT2D eigenvalue weighted by molar-refractivity contribution is 5.92. The summed E-state index contributed by atoms with van der Waals surface area (Å²) in [6, 6.07) is 2.24. The van der Waals surface area contributed by atoms with Crippen molar-refractivity contribution < 1.29 is 4.79 Å². The lowest BCUT2D eigenvalue weighted by Gasteiger charge is -2.31. The van der Waals surface area contributed by atoms with Gasteiger partial charge in [-0.2, -0.15) is 5.10 Å². The van der Waals surface area contributed by atoms with E-state index in [1.807, 2.05) is 24.8 Å². The predicted molar refractivity (Wildman–Crippen MR) is 66.0 cm³/mol. The van der Waals surface area contributed by atoms with Gasteiger partial charge in [0, 0.05) is 32.2 Å². The molecule has 94 valence electrons. The molecule has 5 nitrogen and oxygen atoms in total. The fraction of sp³-hybridized carbons (Fsp3) is 0.667. The van der Waals surface area contributed by atoms with Gasteiger partial charge in [-0.05, 0) is 26.8 Å². The number of piperazine rings is 1. The van der Waals surface area contributed by atoms with Crippen molar-refractivity contribution in [2.75, 3.05) is 19.6 Å². The van der Waals surface area contributed by atoms with Crippen LogP contribution in [0.3, 0.4) is 0 Å². The maximum Gasteiger partial charge on any atom is 0.272 e. The lowest BCUT2D eigenvalue weighted by molar-refractivity contribution is 0.0696. The first kappa shape index (κ1) is 12.1. The van der Waals surface area contributed by atoms with Crippen LogP contribution in [0.2, 0.25) is 0 Å². The molecule has 0 aliphatic carbocycles. The molecule has 0 aromatic carbocycles. The molecule has 2 heterocycles. The van der Waals surface area contributed by atoms with Crippen LogP contribution in [0.25, 0.3) is 0 Å². The molecule has 0 unspecified atom stereocenters. The Morgan fingerprint density at radius 3 is 3.06 bits per heavy atom. The second-order valence-electron chi connectivity index (χ2n) is 4.59. The Morgan fingerprint density at radius 2 is 2.41 bits per heavy atom. The van der Waals surface area contributed by atoms with Gasteiger partial charge in [0.25, 0.3) is 5.91 Å². The van der Waals surface area contributed by atoms with Gasteiger partial charge in [-0.1, -0.05) is 0 Å². The van der Waals surface area contributed by atoms with Crippen LogP contribution in [0, 0.1) is 6.92 Å². The molecule has 1 aliphatic heterocycles. The molecule has 1 aromatic heterocycles. The molecule has 0 bridgehead atoms. The molecule has 1 saturated heterocycles. The third-order valence-electron chi connectivity index (χ3n) is 3.08. The number of amides is 1. The molecule has 1 N–H and O–H groups in total. The van der Waals surface area contributed by atoms with Crippen molar-refractivity contribution in [2.24, 2.45) is 0 Å². The highest BCUT2D eigenvalue weighted by atomic mass is 16.2. The average Bonchev–Trinajstić information content (AvgIpc) is 2.69. The number of nitrogens with one attached hydrogen (secondary N) is 1. The molecular weight excluding hydrogens is 216 g/mol. The fourth-order valence-electron chi connectivity index (χ4n) is 2.24. The van der Waals surface area contributed by atoms with Crippen LogP contribution < -0.4 is 5.32 Å². The van der Waals surface area contributed by atoms with E-state index < -0.39 is 0 Å². The Kier molecular flexibility index (Phi) is 3.47. The van der Waals surface area contributed by atoms with Crippen molar-refractivity contribution >= 4 is 5.91 Å². The van der Waals surface area contributed by atoms with Crippen LogP contribution in [0.4, 0.5) is 0 Å². The van der Waals surface area contributed by atoms with Crippen LogP contribution in [-0.4, -0.2) is 46.3 Å². The standard InChI is InChI=1S/C12H20N4O/c1-4-16-11(7-9(2)14-16)12(17)15-6-5-13-10(3)8-15/h7,10,13H,4-6,8H2,1-3H3/t10-/m0/s1. The normalized spacial score (nSPS) is 20.6. The summed E-state index contributed by atoms with van der Waals surface area (Å²) in [7, 11) is 0. The quantitative estimate of drug-likeness (QED) is 0.820. The summed E-state index contributed by atoms with van der Waals surface area (Å²) >= 11 is 0. The highest BCUT2D eigenvalue weighted by Crippen LogP contribution is 2.10. The lowest BCUT2D eigenvalue weighted by Crippen LogP contribution is -2.51. The summed E-state index contributed by atoms with van der Waals surface area (Å²) in [5, 5.41) is 7.65. The maximum atomic E-state index is 12.4. The summed E-state index contributed by atoms with van der Waals surface area (Å²) in [6.07, 6.45) is 0. The number of nitrogens with zero attached hydrogens (tertiary/aromatic N) is 3. The van der Waals surface area contributed by atoms with Gasteiger partial charge in [0.1, 0.15) is 5.69 Å². The average molecular weight is 236 g/mol. The number of rotatable bonds is 2. The monoisotopic (exact) mass is 236 g/mol. The van der Waals surface area contributed by atoms with E-state index in [1.54, 1.807) is 4.68 Å². The second-order valence-corrected chi connectivity index (χ2v) is 4.59.